The van der Waals surface area contributed by atoms with Gasteiger partial charge in [-0.3, -0.25) is 9.36 Å². The molecule has 0 unspecified atom stereocenters. The zero-order valence-corrected chi connectivity index (χ0v) is 10.0. The lowest BCUT2D eigenvalue weighted by Gasteiger charge is -2.08. The van der Waals surface area contributed by atoms with Crippen LogP contribution in [-0.4, -0.2) is 20.8 Å². The van der Waals surface area contributed by atoms with Crippen molar-refractivity contribution in [3.8, 4) is 0 Å². The molecular formula is C12H12N2O4. The fraction of sp³-hybridized carbons (Fsp3) is 0.250. The predicted octanol–water partition coefficient (Wildman–Crippen LogP) is 1.20. The number of rotatable bonds is 3. The van der Waals surface area contributed by atoms with Crippen LogP contribution in [0.1, 0.15) is 27.5 Å². The number of carboxylic acid groups (broad SMARTS) is 1. The molecule has 0 fully saturated rings. The van der Waals surface area contributed by atoms with Crippen LogP contribution in [0.15, 0.2) is 27.5 Å². The highest BCUT2D eigenvalue weighted by Crippen LogP contribution is 2.14. The van der Waals surface area contributed by atoms with Gasteiger partial charge in [0.15, 0.2) is 0 Å². The lowest BCUT2D eigenvalue weighted by molar-refractivity contribution is 0.0684. The molecule has 0 aliphatic rings. The summed E-state index contributed by atoms with van der Waals surface area (Å²) < 4.78 is 6.18. The lowest BCUT2D eigenvalue weighted by atomic mass is 10.2. The molecule has 2 heterocycles. The summed E-state index contributed by atoms with van der Waals surface area (Å²) in [5, 5.41) is 12.8. The van der Waals surface area contributed by atoms with Gasteiger partial charge in [-0.1, -0.05) is 11.2 Å². The first-order chi connectivity index (χ1) is 8.50. The molecule has 2 aromatic heterocycles. The Labute approximate surface area is 102 Å². The Morgan fingerprint density at radius 3 is 2.72 bits per heavy atom. The Kier molecular flexibility index (Phi) is 3.01. The van der Waals surface area contributed by atoms with E-state index >= 15 is 0 Å². The molecule has 6 heteroatoms. The maximum absolute atomic E-state index is 11.7. The number of carboxylic acids is 1. The van der Waals surface area contributed by atoms with Gasteiger partial charge >= 0.3 is 5.97 Å². The van der Waals surface area contributed by atoms with Gasteiger partial charge in [-0.15, -0.1) is 0 Å². The first kappa shape index (κ1) is 12.1. The quantitative estimate of drug-likeness (QED) is 0.882. The standard InChI is InChI=1S/C12H12N2O4/c1-7-9(8(2)18-13-7)6-14-10(12(16)17)4-3-5-11(14)15/h3-5H,6H2,1-2H3,(H,16,17). The minimum Gasteiger partial charge on any atom is -0.477 e. The van der Waals surface area contributed by atoms with Crippen LogP contribution < -0.4 is 5.56 Å². The molecule has 0 aliphatic carbocycles. The van der Waals surface area contributed by atoms with Crippen LogP contribution in [0.2, 0.25) is 0 Å². The molecule has 0 aromatic carbocycles. The highest BCUT2D eigenvalue weighted by molar-refractivity contribution is 5.85. The van der Waals surface area contributed by atoms with Gasteiger partial charge in [-0.05, 0) is 19.9 Å². The Morgan fingerprint density at radius 2 is 2.17 bits per heavy atom. The summed E-state index contributed by atoms with van der Waals surface area (Å²) in [6, 6.07) is 4.14. The van der Waals surface area contributed by atoms with Gasteiger partial charge in [0.05, 0.1) is 12.2 Å². The zero-order valence-electron chi connectivity index (χ0n) is 10.0. The van der Waals surface area contributed by atoms with Crippen molar-refractivity contribution in [1.82, 2.24) is 9.72 Å². The van der Waals surface area contributed by atoms with Crippen LogP contribution in [0.3, 0.4) is 0 Å². The molecule has 2 rings (SSSR count). The van der Waals surface area contributed by atoms with E-state index in [2.05, 4.69) is 5.16 Å². The Bertz CT molecular complexity index is 635. The van der Waals surface area contributed by atoms with Crippen molar-refractivity contribution in [1.29, 1.82) is 0 Å². The minimum absolute atomic E-state index is 0.0532. The Balaban J connectivity index is 2.53. The third-order valence-corrected chi connectivity index (χ3v) is 2.77. The summed E-state index contributed by atoms with van der Waals surface area (Å²) in [6.45, 7) is 3.62. The molecular weight excluding hydrogens is 236 g/mol. The molecule has 0 aliphatic heterocycles. The number of aryl methyl sites for hydroxylation is 2. The predicted molar refractivity (Wildman–Crippen MR) is 62.7 cm³/mol. The second-order valence-corrected chi connectivity index (χ2v) is 3.94. The molecule has 0 bridgehead atoms. The molecule has 0 saturated heterocycles. The lowest BCUT2D eigenvalue weighted by Crippen LogP contribution is -2.25. The number of hydrogen-bond acceptors (Lipinski definition) is 4. The second-order valence-electron chi connectivity index (χ2n) is 3.94. The van der Waals surface area contributed by atoms with Gasteiger partial charge in [-0.2, -0.15) is 0 Å². The molecule has 0 radical (unpaired) electrons. The topological polar surface area (TPSA) is 85.3 Å². The maximum atomic E-state index is 11.7. The van der Waals surface area contributed by atoms with Crippen LogP contribution >= 0.6 is 0 Å². The first-order valence-electron chi connectivity index (χ1n) is 5.35. The van der Waals surface area contributed by atoms with Crippen LogP contribution in [0.25, 0.3) is 0 Å². The number of hydrogen-bond donors (Lipinski definition) is 1. The number of aromatic carboxylic acids is 1. The Morgan fingerprint density at radius 1 is 1.44 bits per heavy atom. The molecule has 94 valence electrons. The van der Waals surface area contributed by atoms with E-state index in [0.717, 1.165) is 5.56 Å². The molecule has 0 spiro atoms. The van der Waals surface area contributed by atoms with Crippen molar-refractivity contribution < 1.29 is 14.4 Å². The summed E-state index contributed by atoms with van der Waals surface area (Å²) in [5.41, 5.74) is 0.961. The number of pyridine rings is 1. The van der Waals surface area contributed by atoms with Crippen molar-refractivity contribution in [2.75, 3.05) is 0 Å². The summed E-state index contributed by atoms with van der Waals surface area (Å²) >= 11 is 0. The van der Waals surface area contributed by atoms with Gasteiger partial charge < -0.3 is 9.63 Å². The van der Waals surface area contributed by atoms with E-state index in [1.807, 2.05) is 0 Å². The smallest absolute Gasteiger partial charge is 0.352 e. The molecule has 18 heavy (non-hydrogen) atoms. The number of nitrogens with zero attached hydrogens (tertiary/aromatic N) is 2. The normalized spacial score (nSPS) is 10.6. The van der Waals surface area contributed by atoms with E-state index < -0.39 is 5.97 Å². The van der Waals surface area contributed by atoms with Crippen molar-refractivity contribution in [3.05, 3.63) is 51.3 Å². The number of aromatic nitrogens is 2. The highest BCUT2D eigenvalue weighted by Gasteiger charge is 2.15. The molecule has 0 saturated carbocycles. The SMILES string of the molecule is Cc1noc(C)c1Cn1c(C(=O)O)cccc1=O. The van der Waals surface area contributed by atoms with Crippen LogP contribution in [0.5, 0.6) is 0 Å². The van der Waals surface area contributed by atoms with Crippen LogP contribution in [0, 0.1) is 13.8 Å². The summed E-state index contributed by atoms with van der Waals surface area (Å²) in [6.07, 6.45) is 0. The van der Waals surface area contributed by atoms with Crippen molar-refractivity contribution in [2.45, 2.75) is 20.4 Å². The first-order valence-corrected chi connectivity index (χ1v) is 5.35. The van der Waals surface area contributed by atoms with E-state index in [1.54, 1.807) is 13.8 Å². The van der Waals surface area contributed by atoms with E-state index in [1.165, 1.54) is 22.8 Å². The number of carbonyl (C=O) groups is 1. The average Bonchev–Trinajstić information content (AvgIpc) is 2.62. The minimum atomic E-state index is -1.14. The van der Waals surface area contributed by atoms with E-state index in [-0.39, 0.29) is 17.8 Å². The van der Waals surface area contributed by atoms with Gasteiger partial charge in [0.25, 0.3) is 5.56 Å². The van der Waals surface area contributed by atoms with E-state index in [9.17, 15) is 9.59 Å². The second kappa shape index (κ2) is 4.48. The Hall–Kier alpha value is -2.37. The third-order valence-electron chi connectivity index (χ3n) is 2.77. The fourth-order valence-electron chi connectivity index (χ4n) is 1.76. The van der Waals surface area contributed by atoms with Crippen molar-refractivity contribution >= 4 is 5.97 Å². The fourth-order valence-corrected chi connectivity index (χ4v) is 1.76. The summed E-state index contributed by atoms with van der Waals surface area (Å²) in [5.74, 6) is -0.556. The summed E-state index contributed by atoms with van der Waals surface area (Å²) in [4.78, 5) is 22.8. The van der Waals surface area contributed by atoms with Gasteiger partial charge in [0.1, 0.15) is 11.5 Å². The monoisotopic (exact) mass is 248 g/mol. The molecule has 6 nitrogen and oxygen atoms in total. The summed E-state index contributed by atoms with van der Waals surface area (Å²) in [7, 11) is 0. The largest absolute Gasteiger partial charge is 0.477 e. The average molecular weight is 248 g/mol. The van der Waals surface area contributed by atoms with Crippen LogP contribution in [0.4, 0.5) is 0 Å². The van der Waals surface area contributed by atoms with Gasteiger partial charge in [0.2, 0.25) is 0 Å². The van der Waals surface area contributed by atoms with Crippen LogP contribution in [-0.2, 0) is 6.54 Å². The highest BCUT2D eigenvalue weighted by atomic mass is 16.5. The van der Waals surface area contributed by atoms with E-state index in [0.29, 0.717) is 11.5 Å². The van der Waals surface area contributed by atoms with Gasteiger partial charge in [-0.25, -0.2) is 4.79 Å². The maximum Gasteiger partial charge on any atom is 0.352 e. The molecule has 0 amide bonds. The molecule has 2 aromatic rings. The molecule has 1 N–H and O–H groups in total. The van der Waals surface area contributed by atoms with Gasteiger partial charge in [0, 0.05) is 11.6 Å². The van der Waals surface area contributed by atoms with Crippen molar-refractivity contribution in [2.24, 2.45) is 0 Å². The molecule has 0 atom stereocenters. The third kappa shape index (κ3) is 2.04. The van der Waals surface area contributed by atoms with Crippen molar-refractivity contribution in [3.63, 3.8) is 0 Å². The zero-order chi connectivity index (χ0) is 13.3. The van der Waals surface area contributed by atoms with E-state index in [4.69, 9.17) is 9.63 Å².